The van der Waals surface area contributed by atoms with Crippen LogP contribution in [-0.4, -0.2) is 18.5 Å². The molecule has 28 heavy (non-hydrogen) atoms. The first-order valence-corrected chi connectivity index (χ1v) is 9.36. The zero-order valence-corrected chi connectivity index (χ0v) is 17.2. The van der Waals surface area contributed by atoms with Gasteiger partial charge in [-0.1, -0.05) is 57.2 Å². The predicted molar refractivity (Wildman–Crippen MR) is 107 cm³/mol. The van der Waals surface area contributed by atoms with Crippen LogP contribution in [0.15, 0.2) is 42.5 Å². The lowest BCUT2D eigenvalue weighted by Gasteiger charge is -2.23. The Morgan fingerprint density at radius 3 is 2.29 bits per heavy atom. The van der Waals surface area contributed by atoms with Gasteiger partial charge in [-0.15, -0.1) is 0 Å². The van der Waals surface area contributed by atoms with Crippen molar-refractivity contribution in [1.29, 1.82) is 0 Å². The average Bonchev–Trinajstić information content (AvgIpc) is 2.61. The van der Waals surface area contributed by atoms with Crippen molar-refractivity contribution in [3.8, 4) is 5.75 Å². The van der Waals surface area contributed by atoms with Gasteiger partial charge in [0.2, 0.25) is 0 Å². The third-order valence-electron chi connectivity index (χ3n) is 4.59. The fourth-order valence-electron chi connectivity index (χ4n) is 2.88. The van der Waals surface area contributed by atoms with Crippen molar-refractivity contribution >= 4 is 11.9 Å². The number of rotatable bonds is 7. The van der Waals surface area contributed by atoms with Gasteiger partial charge < -0.3 is 20.0 Å². The molecule has 1 amide bonds. The van der Waals surface area contributed by atoms with E-state index in [0.29, 0.717) is 5.75 Å². The quantitative estimate of drug-likeness (QED) is 0.798. The molecule has 0 saturated heterocycles. The summed E-state index contributed by atoms with van der Waals surface area (Å²) in [6, 6.07) is 12.7. The van der Waals surface area contributed by atoms with E-state index in [1.165, 1.54) is 0 Å². The largest absolute Gasteiger partial charge is 0.550 e. The second kappa shape index (κ2) is 8.91. The number of carbonyl (C=O) groups is 2. The first-order valence-electron chi connectivity index (χ1n) is 9.36. The summed E-state index contributed by atoms with van der Waals surface area (Å²) in [6.07, 6.45) is -0.302. The van der Waals surface area contributed by atoms with Crippen molar-refractivity contribution < 1.29 is 19.4 Å². The lowest BCUT2D eigenvalue weighted by atomic mass is 9.86. The van der Waals surface area contributed by atoms with Crippen LogP contribution >= 0.6 is 0 Å². The molecule has 0 heterocycles. The maximum Gasteiger partial charge on any atom is 0.258 e. The lowest BCUT2D eigenvalue weighted by molar-refractivity contribution is -0.306. The highest BCUT2D eigenvalue weighted by Gasteiger charge is 2.18. The number of ether oxygens (including phenoxy) is 1. The van der Waals surface area contributed by atoms with Crippen LogP contribution in [0.4, 0.5) is 0 Å². The van der Waals surface area contributed by atoms with Gasteiger partial charge in [0.15, 0.2) is 6.61 Å². The van der Waals surface area contributed by atoms with E-state index >= 15 is 0 Å². The second-order valence-electron chi connectivity index (χ2n) is 8.13. The Morgan fingerprint density at radius 2 is 1.71 bits per heavy atom. The van der Waals surface area contributed by atoms with Crippen LogP contribution in [0.1, 0.15) is 55.5 Å². The Labute approximate surface area is 166 Å². The fraction of sp³-hybridized carbons (Fsp3) is 0.391. The number of carbonyl (C=O) groups excluding carboxylic acids is 2. The monoisotopic (exact) mass is 382 g/mol. The highest BCUT2D eigenvalue weighted by Crippen LogP contribution is 2.25. The Morgan fingerprint density at radius 1 is 1.07 bits per heavy atom. The molecule has 0 aromatic heterocycles. The van der Waals surface area contributed by atoms with Crippen LogP contribution < -0.4 is 15.2 Å². The zero-order valence-electron chi connectivity index (χ0n) is 17.2. The summed E-state index contributed by atoms with van der Waals surface area (Å²) in [5, 5.41) is 13.9. The number of carboxylic acid groups (broad SMARTS) is 1. The molecule has 0 unspecified atom stereocenters. The average molecular weight is 382 g/mol. The van der Waals surface area contributed by atoms with Crippen LogP contribution in [0.2, 0.25) is 0 Å². The summed E-state index contributed by atoms with van der Waals surface area (Å²) in [5.74, 6) is -0.964. The number of hydrogen-bond donors (Lipinski definition) is 1. The fourth-order valence-corrected chi connectivity index (χ4v) is 2.88. The number of amides is 1. The van der Waals surface area contributed by atoms with E-state index < -0.39 is 12.0 Å². The molecule has 0 saturated carbocycles. The molecular weight excluding hydrogens is 354 g/mol. The molecular formula is C23H28NO4-. The van der Waals surface area contributed by atoms with Gasteiger partial charge in [-0.3, -0.25) is 4.79 Å². The van der Waals surface area contributed by atoms with Crippen LogP contribution in [0.5, 0.6) is 5.75 Å². The number of nitrogens with one attached hydrogen (secondary N) is 1. The molecule has 2 aromatic carbocycles. The smallest absolute Gasteiger partial charge is 0.258 e. The van der Waals surface area contributed by atoms with E-state index in [2.05, 4.69) is 26.1 Å². The van der Waals surface area contributed by atoms with Gasteiger partial charge in [0.05, 0.1) is 6.04 Å². The third kappa shape index (κ3) is 6.12. The molecule has 2 aromatic rings. The first kappa shape index (κ1) is 21.5. The summed E-state index contributed by atoms with van der Waals surface area (Å²) in [6.45, 7) is 9.98. The standard InChI is InChI=1S/C23H29NO4/c1-15-6-7-16(2)20(12-15)28-14-21(25)24-19(13-22(26)27)17-8-10-18(11-9-17)23(3,4)5/h6-12,19H,13-14H2,1-5H3,(H,24,25)(H,26,27)/p-1/t19-/m0/s1. The van der Waals surface area contributed by atoms with Gasteiger partial charge >= 0.3 is 0 Å². The Kier molecular flexibility index (Phi) is 6.84. The zero-order chi connectivity index (χ0) is 20.9. The summed E-state index contributed by atoms with van der Waals surface area (Å²) >= 11 is 0. The van der Waals surface area contributed by atoms with Crippen molar-refractivity contribution in [2.75, 3.05) is 6.61 Å². The Bertz CT molecular complexity index is 835. The molecule has 2 rings (SSSR count). The van der Waals surface area contributed by atoms with Crippen molar-refractivity contribution in [1.82, 2.24) is 5.32 Å². The molecule has 0 aliphatic carbocycles. The molecule has 0 spiro atoms. The van der Waals surface area contributed by atoms with Gasteiger partial charge in [-0.25, -0.2) is 0 Å². The number of hydrogen-bond acceptors (Lipinski definition) is 4. The molecule has 0 aliphatic rings. The van der Waals surface area contributed by atoms with E-state index in [1.54, 1.807) is 0 Å². The van der Waals surface area contributed by atoms with Crippen LogP contribution in [0.25, 0.3) is 0 Å². The van der Waals surface area contributed by atoms with Crippen molar-refractivity contribution in [2.45, 2.75) is 52.5 Å². The summed E-state index contributed by atoms with van der Waals surface area (Å²) < 4.78 is 5.61. The van der Waals surface area contributed by atoms with Crippen molar-refractivity contribution in [2.24, 2.45) is 0 Å². The number of aliphatic carboxylic acids is 1. The first-order chi connectivity index (χ1) is 13.1. The molecule has 0 radical (unpaired) electrons. The van der Waals surface area contributed by atoms with Gasteiger partial charge in [-0.2, -0.15) is 0 Å². The topological polar surface area (TPSA) is 78.5 Å². The van der Waals surface area contributed by atoms with E-state index in [9.17, 15) is 14.7 Å². The summed E-state index contributed by atoms with van der Waals surface area (Å²) in [4.78, 5) is 23.5. The van der Waals surface area contributed by atoms with E-state index in [0.717, 1.165) is 22.3 Å². The molecule has 5 nitrogen and oxygen atoms in total. The van der Waals surface area contributed by atoms with Crippen molar-refractivity contribution in [3.63, 3.8) is 0 Å². The molecule has 5 heteroatoms. The highest BCUT2D eigenvalue weighted by molar-refractivity contribution is 5.79. The number of carboxylic acids is 1. The van der Waals surface area contributed by atoms with Gasteiger partial charge in [0, 0.05) is 12.4 Å². The lowest BCUT2D eigenvalue weighted by Crippen LogP contribution is -2.36. The Balaban J connectivity index is 2.07. The molecule has 0 bridgehead atoms. The maximum atomic E-state index is 12.4. The molecule has 150 valence electrons. The second-order valence-corrected chi connectivity index (χ2v) is 8.13. The van der Waals surface area contributed by atoms with E-state index in [1.807, 2.05) is 56.3 Å². The number of benzene rings is 2. The summed E-state index contributed by atoms with van der Waals surface area (Å²) in [5.41, 5.74) is 3.81. The SMILES string of the molecule is Cc1ccc(C)c(OCC(=O)N[C@@H](CC(=O)[O-])c2ccc(C(C)(C)C)cc2)c1. The normalized spacial score (nSPS) is 12.3. The van der Waals surface area contributed by atoms with Crippen LogP contribution in [-0.2, 0) is 15.0 Å². The molecule has 1 atom stereocenters. The van der Waals surface area contributed by atoms with Crippen LogP contribution in [0.3, 0.4) is 0 Å². The van der Waals surface area contributed by atoms with E-state index in [4.69, 9.17) is 4.74 Å². The third-order valence-corrected chi connectivity index (χ3v) is 4.59. The Hall–Kier alpha value is -2.82. The van der Waals surface area contributed by atoms with E-state index in [-0.39, 0.29) is 24.3 Å². The minimum atomic E-state index is -1.22. The van der Waals surface area contributed by atoms with Gasteiger partial charge in [0.1, 0.15) is 5.75 Å². The minimum absolute atomic E-state index is 0.00879. The van der Waals surface area contributed by atoms with Crippen molar-refractivity contribution in [3.05, 3.63) is 64.7 Å². The maximum absolute atomic E-state index is 12.4. The number of aryl methyl sites for hydroxylation is 2. The minimum Gasteiger partial charge on any atom is -0.550 e. The summed E-state index contributed by atoms with van der Waals surface area (Å²) in [7, 11) is 0. The highest BCUT2D eigenvalue weighted by atomic mass is 16.5. The molecule has 0 aliphatic heterocycles. The molecule has 0 fully saturated rings. The predicted octanol–water partition coefficient (Wildman–Crippen LogP) is 2.98. The van der Waals surface area contributed by atoms with Gasteiger partial charge in [0.25, 0.3) is 5.91 Å². The van der Waals surface area contributed by atoms with Gasteiger partial charge in [-0.05, 0) is 47.6 Å². The van der Waals surface area contributed by atoms with Crippen LogP contribution in [0, 0.1) is 13.8 Å². The molecule has 1 N–H and O–H groups in total.